The van der Waals surface area contributed by atoms with E-state index < -0.39 is 10.0 Å². The van der Waals surface area contributed by atoms with Crippen molar-refractivity contribution in [3.05, 3.63) is 72.8 Å². The summed E-state index contributed by atoms with van der Waals surface area (Å²) in [6.07, 6.45) is 7.15. The van der Waals surface area contributed by atoms with E-state index >= 15 is 0 Å². The predicted molar refractivity (Wildman–Crippen MR) is 113 cm³/mol. The molecule has 29 heavy (non-hydrogen) atoms. The molecular formula is C20H20N6O2S. The molecule has 0 aliphatic heterocycles. The second-order valence-corrected chi connectivity index (χ2v) is 8.33. The van der Waals surface area contributed by atoms with E-state index in [1.54, 1.807) is 41.3 Å². The molecule has 1 aromatic carbocycles. The van der Waals surface area contributed by atoms with Crippen LogP contribution in [0.1, 0.15) is 5.69 Å². The Kier molecular flexibility index (Phi) is 5.13. The van der Waals surface area contributed by atoms with Gasteiger partial charge in [0.2, 0.25) is 10.0 Å². The van der Waals surface area contributed by atoms with Gasteiger partial charge in [-0.05, 0) is 35.9 Å². The fourth-order valence-electron chi connectivity index (χ4n) is 3.06. The van der Waals surface area contributed by atoms with Gasteiger partial charge < -0.3 is 5.32 Å². The largest absolute Gasteiger partial charge is 0.370 e. The lowest BCUT2D eigenvalue weighted by molar-refractivity contribution is 0.607. The van der Waals surface area contributed by atoms with E-state index in [9.17, 15) is 8.42 Å². The first-order chi connectivity index (χ1) is 14.0. The zero-order chi connectivity index (χ0) is 20.3. The Balaban J connectivity index is 1.58. The topological polar surface area (TPSA) is 101 Å². The number of hydrogen-bond acceptors (Lipinski definition) is 6. The molecule has 0 atom stereocenters. The molecule has 0 aliphatic carbocycles. The maximum atomic E-state index is 11.5. The van der Waals surface area contributed by atoms with Gasteiger partial charge in [-0.25, -0.2) is 13.4 Å². The molecule has 3 heterocycles. The molecule has 0 saturated carbocycles. The van der Waals surface area contributed by atoms with Gasteiger partial charge in [0, 0.05) is 42.3 Å². The van der Waals surface area contributed by atoms with Crippen LogP contribution in [-0.2, 0) is 16.4 Å². The van der Waals surface area contributed by atoms with Crippen LogP contribution in [0.5, 0.6) is 0 Å². The summed E-state index contributed by atoms with van der Waals surface area (Å²) in [4.78, 5) is 8.78. The molecule has 0 radical (unpaired) electrons. The van der Waals surface area contributed by atoms with Gasteiger partial charge in [-0.1, -0.05) is 18.2 Å². The van der Waals surface area contributed by atoms with Crippen molar-refractivity contribution >= 4 is 27.2 Å². The summed E-state index contributed by atoms with van der Waals surface area (Å²) in [5, 5.41) is 7.83. The summed E-state index contributed by atoms with van der Waals surface area (Å²) < 4.78 is 27.2. The normalized spacial score (nSPS) is 11.5. The van der Waals surface area contributed by atoms with Crippen molar-refractivity contribution in [3.63, 3.8) is 0 Å². The quantitative estimate of drug-likeness (QED) is 0.488. The standard InChI is InChI=1S/C20H20N6O2S/c1-29(27,28)25-17-7-4-5-15(13-17)18-14-24-26-19(9-12-23-20(18)26)22-11-8-16-6-2-3-10-21-16/h2-7,9-10,12-14,22,25H,8,11H2,1H3. The number of sulfonamides is 1. The highest BCUT2D eigenvalue weighted by atomic mass is 32.2. The monoisotopic (exact) mass is 408 g/mol. The highest BCUT2D eigenvalue weighted by molar-refractivity contribution is 7.92. The summed E-state index contributed by atoms with van der Waals surface area (Å²) >= 11 is 0. The van der Waals surface area contributed by atoms with E-state index in [2.05, 4.69) is 25.1 Å². The first-order valence-corrected chi connectivity index (χ1v) is 10.9. The molecule has 0 amide bonds. The minimum atomic E-state index is -3.35. The molecular weight excluding hydrogens is 388 g/mol. The van der Waals surface area contributed by atoms with E-state index in [4.69, 9.17) is 0 Å². The Morgan fingerprint density at radius 1 is 1.03 bits per heavy atom. The van der Waals surface area contributed by atoms with Crippen molar-refractivity contribution in [2.75, 3.05) is 22.8 Å². The highest BCUT2D eigenvalue weighted by Crippen LogP contribution is 2.27. The van der Waals surface area contributed by atoms with Crippen LogP contribution in [0.3, 0.4) is 0 Å². The zero-order valence-corrected chi connectivity index (χ0v) is 16.6. The molecule has 3 aromatic heterocycles. The van der Waals surface area contributed by atoms with Crippen LogP contribution in [0.15, 0.2) is 67.1 Å². The molecule has 148 valence electrons. The third kappa shape index (κ3) is 4.52. The highest BCUT2D eigenvalue weighted by Gasteiger charge is 2.12. The third-order valence-electron chi connectivity index (χ3n) is 4.29. The van der Waals surface area contributed by atoms with Crippen molar-refractivity contribution in [3.8, 4) is 11.1 Å². The number of nitrogens with zero attached hydrogens (tertiary/aromatic N) is 4. The third-order valence-corrected chi connectivity index (χ3v) is 4.90. The SMILES string of the molecule is CS(=O)(=O)Nc1cccc(-c2cnn3c(NCCc4ccccn4)ccnc23)c1. The van der Waals surface area contributed by atoms with E-state index in [-0.39, 0.29) is 0 Å². The summed E-state index contributed by atoms with van der Waals surface area (Å²) in [5.74, 6) is 0.822. The van der Waals surface area contributed by atoms with Crippen LogP contribution in [0.25, 0.3) is 16.8 Å². The molecule has 0 saturated heterocycles. The van der Waals surface area contributed by atoms with E-state index in [1.807, 2.05) is 30.3 Å². The van der Waals surface area contributed by atoms with Gasteiger partial charge >= 0.3 is 0 Å². The van der Waals surface area contributed by atoms with Crippen LogP contribution < -0.4 is 10.0 Å². The van der Waals surface area contributed by atoms with Gasteiger partial charge in [0.1, 0.15) is 5.82 Å². The maximum absolute atomic E-state index is 11.5. The Labute approximate surface area is 168 Å². The first-order valence-electron chi connectivity index (χ1n) is 9.04. The van der Waals surface area contributed by atoms with Crippen LogP contribution in [0.2, 0.25) is 0 Å². The molecule has 9 heteroatoms. The zero-order valence-electron chi connectivity index (χ0n) is 15.8. The van der Waals surface area contributed by atoms with Crippen LogP contribution in [-0.4, -0.2) is 40.8 Å². The van der Waals surface area contributed by atoms with Crippen LogP contribution in [0.4, 0.5) is 11.5 Å². The van der Waals surface area contributed by atoms with Gasteiger partial charge in [-0.3, -0.25) is 9.71 Å². The summed E-state index contributed by atoms with van der Waals surface area (Å²) in [6, 6.07) is 14.9. The van der Waals surface area contributed by atoms with E-state index in [0.717, 1.165) is 35.3 Å². The average Bonchev–Trinajstić information content (AvgIpc) is 3.13. The van der Waals surface area contributed by atoms with E-state index in [0.29, 0.717) is 17.9 Å². The van der Waals surface area contributed by atoms with Gasteiger partial charge in [-0.15, -0.1) is 0 Å². The number of nitrogens with one attached hydrogen (secondary N) is 2. The second-order valence-electron chi connectivity index (χ2n) is 6.58. The lowest BCUT2D eigenvalue weighted by atomic mass is 10.1. The maximum Gasteiger partial charge on any atom is 0.229 e. The lowest BCUT2D eigenvalue weighted by Gasteiger charge is -2.08. The summed E-state index contributed by atoms with van der Waals surface area (Å²) in [6.45, 7) is 0.707. The van der Waals surface area contributed by atoms with Crippen molar-refractivity contribution in [2.45, 2.75) is 6.42 Å². The molecule has 0 bridgehead atoms. The Morgan fingerprint density at radius 2 is 1.93 bits per heavy atom. The van der Waals surface area contributed by atoms with Crippen molar-refractivity contribution in [1.29, 1.82) is 0 Å². The Morgan fingerprint density at radius 3 is 2.72 bits per heavy atom. The van der Waals surface area contributed by atoms with Crippen LogP contribution >= 0.6 is 0 Å². The minimum absolute atomic E-state index is 0.494. The van der Waals surface area contributed by atoms with Gasteiger partial charge in [0.05, 0.1) is 12.5 Å². The molecule has 0 spiro atoms. The molecule has 2 N–H and O–H groups in total. The summed E-state index contributed by atoms with van der Waals surface area (Å²) in [5.41, 5.74) is 3.84. The predicted octanol–water partition coefficient (Wildman–Crippen LogP) is 2.82. The van der Waals surface area contributed by atoms with E-state index in [1.165, 1.54) is 0 Å². The minimum Gasteiger partial charge on any atom is -0.370 e. The Hall–Kier alpha value is -3.46. The smallest absolute Gasteiger partial charge is 0.229 e. The number of anilines is 2. The summed E-state index contributed by atoms with van der Waals surface area (Å²) in [7, 11) is -3.35. The average molecular weight is 408 g/mol. The van der Waals surface area contributed by atoms with Crippen molar-refractivity contribution in [2.24, 2.45) is 0 Å². The fraction of sp³-hybridized carbons (Fsp3) is 0.150. The van der Waals surface area contributed by atoms with Gasteiger partial charge in [0.15, 0.2) is 5.65 Å². The van der Waals surface area contributed by atoms with Crippen molar-refractivity contribution in [1.82, 2.24) is 19.6 Å². The number of benzene rings is 1. The molecule has 0 unspecified atom stereocenters. The number of hydrogen-bond donors (Lipinski definition) is 2. The molecule has 4 rings (SSSR count). The second kappa shape index (κ2) is 7.88. The first kappa shape index (κ1) is 18.9. The number of aromatic nitrogens is 4. The fourth-order valence-corrected chi connectivity index (χ4v) is 3.61. The lowest BCUT2D eigenvalue weighted by Crippen LogP contribution is -2.10. The number of pyridine rings is 1. The Bertz CT molecular complexity index is 1240. The molecule has 4 aromatic rings. The molecule has 8 nitrogen and oxygen atoms in total. The number of fused-ring (bicyclic) bond motifs is 1. The molecule has 0 aliphatic rings. The van der Waals surface area contributed by atoms with Gasteiger partial charge in [-0.2, -0.15) is 9.61 Å². The van der Waals surface area contributed by atoms with Crippen molar-refractivity contribution < 1.29 is 8.42 Å². The molecule has 0 fully saturated rings. The number of rotatable bonds is 7. The van der Waals surface area contributed by atoms with Gasteiger partial charge in [0.25, 0.3) is 0 Å². The van der Waals surface area contributed by atoms with Crippen LogP contribution in [0, 0.1) is 0 Å².